The molecule has 0 fully saturated rings. The molecule has 4 aromatic rings. The quantitative estimate of drug-likeness (QED) is 0.236. The van der Waals surface area contributed by atoms with Crippen molar-refractivity contribution in [1.82, 2.24) is 5.32 Å². The summed E-state index contributed by atoms with van der Waals surface area (Å²) < 4.78 is 6.39. The Kier molecular flexibility index (Phi) is 8.52. The van der Waals surface area contributed by atoms with Gasteiger partial charge in [0.05, 0.1) is 11.7 Å². The molecule has 1 aliphatic rings. The third-order valence-electron chi connectivity index (χ3n) is 7.42. The number of hydrogen-bond acceptors (Lipinski definition) is 3. The van der Waals surface area contributed by atoms with Gasteiger partial charge >= 0.3 is 5.97 Å². The average molecular weight is 516 g/mol. The number of aryl methyl sites for hydroxylation is 1. The van der Waals surface area contributed by atoms with Crippen LogP contribution >= 0.6 is 12.4 Å². The minimum absolute atomic E-state index is 0. The number of fused-ring (bicyclic) bond motifs is 2. The molecule has 0 unspecified atom stereocenters. The van der Waals surface area contributed by atoms with Crippen molar-refractivity contribution < 1.29 is 14.6 Å². The Balaban J connectivity index is 0.00000320. The molecule has 5 heteroatoms. The van der Waals surface area contributed by atoms with E-state index in [0.29, 0.717) is 5.56 Å². The predicted octanol–water partition coefficient (Wildman–Crippen LogP) is 7.68. The summed E-state index contributed by atoms with van der Waals surface area (Å²) in [5, 5.41) is 15.9. The summed E-state index contributed by atoms with van der Waals surface area (Å²) in [5.41, 5.74) is 4.66. The third-order valence-corrected chi connectivity index (χ3v) is 7.42. The summed E-state index contributed by atoms with van der Waals surface area (Å²) in [4.78, 5) is 11.7. The number of carbonyl (C=O) groups is 1. The number of para-hydroxylation sites is 1. The van der Waals surface area contributed by atoms with E-state index in [2.05, 4.69) is 66.8 Å². The molecule has 0 saturated heterocycles. The first-order valence-electron chi connectivity index (χ1n) is 12.8. The van der Waals surface area contributed by atoms with Crippen molar-refractivity contribution in [3.63, 3.8) is 0 Å². The van der Waals surface area contributed by atoms with Crippen LogP contribution in [0.3, 0.4) is 0 Å². The zero-order valence-corrected chi connectivity index (χ0v) is 22.1. The highest BCUT2D eigenvalue weighted by Gasteiger charge is 2.29. The number of ether oxygens (including phenoxy) is 1. The Morgan fingerprint density at radius 2 is 1.78 bits per heavy atom. The van der Waals surface area contributed by atoms with Crippen molar-refractivity contribution in [1.29, 1.82) is 0 Å². The maximum Gasteiger partial charge on any atom is 0.335 e. The van der Waals surface area contributed by atoms with Crippen molar-refractivity contribution >= 4 is 29.1 Å². The van der Waals surface area contributed by atoms with Gasteiger partial charge in [0, 0.05) is 17.5 Å². The molecule has 0 amide bonds. The molecule has 4 nitrogen and oxygen atoms in total. The Hall–Kier alpha value is -3.34. The minimum atomic E-state index is -0.877. The van der Waals surface area contributed by atoms with Gasteiger partial charge in [0.2, 0.25) is 0 Å². The maximum atomic E-state index is 11.7. The molecule has 3 atom stereocenters. The van der Waals surface area contributed by atoms with Crippen molar-refractivity contribution in [2.75, 3.05) is 6.54 Å². The van der Waals surface area contributed by atoms with E-state index in [1.807, 2.05) is 37.3 Å². The molecule has 0 aliphatic carbocycles. The fraction of sp³-hybridized carbons (Fsp3) is 0.281. The number of hydrogen-bond donors (Lipinski definition) is 2. The topological polar surface area (TPSA) is 58.6 Å². The molecule has 2 N–H and O–H groups in total. The monoisotopic (exact) mass is 515 g/mol. The second kappa shape index (κ2) is 11.8. The number of benzene rings is 4. The van der Waals surface area contributed by atoms with Crippen LogP contribution in [0.25, 0.3) is 10.8 Å². The summed E-state index contributed by atoms with van der Waals surface area (Å²) in [6, 6.07) is 29.3. The van der Waals surface area contributed by atoms with Crippen LogP contribution in [0, 0.1) is 6.92 Å². The van der Waals surface area contributed by atoms with E-state index in [1.165, 1.54) is 16.3 Å². The molecule has 0 aromatic heterocycles. The first kappa shape index (κ1) is 26.7. The standard InChI is InChI=1S/C32H33NO3.ClH/c1-21-16-17-24(19-29(21)32(34)35)30-20-25(36-31-15-6-5-13-28(30)31)11-8-18-33-22(2)26-14-7-10-23-9-3-4-12-27(23)26;/h3-7,9-10,12-17,19,22,25,30,33H,8,11,18,20H2,1-2H3,(H,34,35);1H/t22-,25+,30-;/m1./s1. The van der Waals surface area contributed by atoms with Gasteiger partial charge in [-0.25, -0.2) is 4.79 Å². The van der Waals surface area contributed by atoms with E-state index < -0.39 is 5.97 Å². The van der Waals surface area contributed by atoms with Gasteiger partial charge in [-0.05, 0) is 79.3 Å². The fourth-order valence-electron chi connectivity index (χ4n) is 5.46. The van der Waals surface area contributed by atoms with Gasteiger partial charge in [-0.3, -0.25) is 0 Å². The molecule has 0 bridgehead atoms. The lowest BCUT2D eigenvalue weighted by Crippen LogP contribution is -2.28. The lowest BCUT2D eigenvalue weighted by Gasteiger charge is -2.33. The predicted molar refractivity (Wildman–Crippen MR) is 152 cm³/mol. The molecular weight excluding hydrogens is 482 g/mol. The van der Waals surface area contributed by atoms with Crippen LogP contribution in [0.2, 0.25) is 0 Å². The van der Waals surface area contributed by atoms with Crippen molar-refractivity contribution in [3.05, 3.63) is 113 Å². The van der Waals surface area contributed by atoms with E-state index in [9.17, 15) is 9.90 Å². The highest BCUT2D eigenvalue weighted by atomic mass is 35.5. The molecule has 5 rings (SSSR count). The van der Waals surface area contributed by atoms with Gasteiger partial charge in [-0.2, -0.15) is 0 Å². The lowest BCUT2D eigenvalue weighted by molar-refractivity contribution is 0.0696. The number of carboxylic acids is 1. The number of rotatable bonds is 8. The van der Waals surface area contributed by atoms with Crippen LogP contribution in [0.4, 0.5) is 0 Å². The lowest BCUT2D eigenvalue weighted by atomic mass is 9.82. The first-order valence-corrected chi connectivity index (χ1v) is 12.8. The van der Waals surface area contributed by atoms with Crippen LogP contribution in [-0.4, -0.2) is 23.7 Å². The van der Waals surface area contributed by atoms with E-state index in [-0.39, 0.29) is 30.5 Å². The first-order chi connectivity index (χ1) is 17.5. The largest absolute Gasteiger partial charge is 0.490 e. The summed E-state index contributed by atoms with van der Waals surface area (Å²) in [7, 11) is 0. The van der Waals surface area contributed by atoms with Gasteiger partial charge in [-0.15, -0.1) is 12.4 Å². The highest BCUT2D eigenvalue weighted by molar-refractivity contribution is 5.89. The molecule has 1 heterocycles. The second-order valence-electron chi connectivity index (χ2n) is 9.83. The number of halogens is 1. The van der Waals surface area contributed by atoms with Crippen molar-refractivity contribution in [3.8, 4) is 5.75 Å². The van der Waals surface area contributed by atoms with Crippen LogP contribution in [-0.2, 0) is 0 Å². The molecule has 1 aliphatic heterocycles. The second-order valence-corrected chi connectivity index (χ2v) is 9.83. The molecule has 37 heavy (non-hydrogen) atoms. The molecule has 0 radical (unpaired) electrons. The molecule has 192 valence electrons. The van der Waals surface area contributed by atoms with E-state index in [1.54, 1.807) is 0 Å². The van der Waals surface area contributed by atoms with Gasteiger partial charge in [0.1, 0.15) is 5.75 Å². The van der Waals surface area contributed by atoms with E-state index in [0.717, 1.165) is 48.2 Å². The van der Waals surface area contributed by atoms with Crippen LogP contribution in [0.1, 0.15) is 70.8 Å². The summed E-state index contributed by atoms with van der Waals surface area (Å²) in [6.07, 6.45) is 2.88. The molecular formula is C32H34ClNO3. The van der Waals surface area contributed by atoms with Crippen molar-refractivity contribution in [2.24, 2.45) is 0 Å². The van der Waals surface area contributed by atoms with Crippen LogP contribution in [0.5, 0.6) is 5.75 Å². The zero-order chi connectivity index (χ0) is 25.1. The third kappa shape index (κ3) is 5.82. The summed E-state index contributed by atoms with van der Waals surface area (Å²) in [5.74, 6) is 0.159. The van der Waals surface area contributed by atoms with Crippen molar-refractivity contribution in [2.45, 2.75) is 51.2 Å². The van der Waals surface area contributed by atoms with E-state index in [4.69, 9.17) is 4.74 Å². The highest BCUT2D eigenvalue weighted by Crippen LogP contribution is 2.41. The molecule has 4 aromatic carbocycles. The Morgan fingerprint density at radius 1 is 1.03 bits per heavy atom. The number of carboxylic acid groups (broad SMARTS) is 1. The Morgan fingerprint density at radius 3 is 2.62 bits per heavy atom. The normalized spacial score (nSPS) is 17.4. The van der Waals surface area contributed by atoms with Gasteiger partial charge < -0.3 is 15.2 Å². The summed E-state index contributed by atoms with van der Waals surface area (Å²) in [6.45, 7) is 4.98. The Bertz CT molecular complexity index is 1380. The summed E-state index contributed by atoms with van der Waals surface area (Å²) >= 11 is 0. The van der Waals surface area contributed by atoms with Gasteiger partial charge in [-0.1, -0.05) is 72.8 Å². The average Bonchev–Trinajstić information content (AvgIpc) is 2.90. The van der Waals surface area contributed by atoms with Crippen LogP contribution < -0.4 is 10.1 Å². The smallest absolute Gasteiger partial charge is 0.335 e. The molecule has 0 saturated carbocycles. The number of nitrogens with one attached hydrogen (secondary N) is 1. The number of aromatic carboxylic acids is 1. The zero-order valence-electron chi connectivity index (χ0n) is 21.3. The van der Waals surface area contributed by atoms with Gasteiger partial charge in [0.15, 0.2) is 0 Å². The fourth-order valence-corrected chi connectivity index (χ4v) is 5.46. The minimum Gasteiger partial charge on any atom is -0.490 e. The molecule has 0 spiro atoms. The van der Waals surface area contributed by atoms with Crippen LogP contribution in [0.15, 0.2) is 84.9 Å². The van der Waals surface area contributed by atoms with Gasteiger partial charge in [0.25, 0.3) is 0 Å². The SMILES string of the molecule is Cc1ccc([C@H]2C[C@H](CCCN[C@H](C)c3cccc4ccccc34)Oc3ccccc32)cc1C(=O)O.Cl. The van der Waals surface area contributed by atoms with E-state index >= 15 is 0 Å². The Labute approximate surface area is 225 Å². The maximum absolute atomic E-state index is 11.7.